The maximum atomic E-state index is 13.8. The molecule has 116 valence electrons. The predicted octanol–water partition coefficient (Wildman–Crippen LogP) is 3.30. The lowest BCUT2D eigenvalue weighted by Gasteiger charge is -2.27. The first-order chi connectivity index (χ1) is 9.68. The number of anilines is 1. The van der Waals surface area contributed by atoms with Gasteiger partial charge in [0, 0.05) is 0 Å². The van der Waals surface area contributed by atoms with Gasteiger partial charge in [-0.1, -0.05) is 32.9 Å². The van der Waals surface area contributed by atoms with Crippen molar-refractivity contribution in [2.45, 2.75) is 34.6 Å². The summed E-state index contributed by atoms with van der Waals surface area (Å²) in [4.78, 5) is 24.4. The van der Waals surface area contributed by atoms with E-state index in [9.17, 15) is 14.0 Å². The third-order valence-corrected chi connectivity index (χ3v) is 3.12. The van der Waals surface area contributed by atoms with Gasteiger partial charge in [-0.2, -0.15) is 0 Å². The van der Waals surface area contributed by atoms with E-state index >= 15 is 0 Å². The number of carbonyl (C=O) groups excluding carboxylic acids is 2. The number of amides is 1. The van der Waals surface area contributed by atoms with Gasteiger partial charge in [0.25, 0.3) is 0 Å². The van der Waals surface area contributed by atoms with Crippen molar-refractivity contribution >= 4 is 17.6 Å². The molecule has 21 heavy (non-hydrogen) atoms. The first-order valence-electron chi connectivity index (χ1n) is 6.91. The molecule has 0 radical (unpaired) electrons. The van der Waals surface area contributed by atoms with Crippen LogP contribution in [0.4, 0.5) is 10.1 Å². The second-order valence-corrected chi connectivity index (χ2v) is 5.97. The maximum Gasteiger partial charge on any atom is 0.319 e. The minimum absolute atomic E-state index is 0.0982. The van der Waals surface area contributed by atoms with Gasteiger partial charge in [-0.05, 0) is 30.9 Å². The smallest absolute Gasteiger partial charge is 0.319 e. The maximum absolute atomic E-state index is 13.8. The van der Waals surface area contributed by atoms with Gasteiger partial charge in [0.1, 0.15) is 11.7 Å². The first kappa shape index (κ1) is 17.1. The predicted molar refractivity (Wildman–Crippen MR) is 79.3 cm³/mol. The number of aryl methyl sites for hydroxylation is 1. The molecule has 1 amide bonds. The Hall–Kier alpha value is -1.91. The Kier molecular flexibility index (Phi) is 5.47. The van der Waals surface area contributed by atoms with Crippen LogP contribution in [0.3, 0.4) is 0 Å². The van der Waals surface area contributed by atoms with Crippen molar-refractivity contribution in [3.8, 4) is 0 Å². The molecular weight excluding hydrogens is 273 g/mol. The number of ether oxygens (including phenoxy) is 1. The van der Waals surface area contributed by atoms with Gasteiger partial charge in [0.15, 0.2) is 0 Å². The Morgan fingerprint density at radius 1 is 1.33 bits per heavy atom. The standard InChI is InChI=1S/C16H22FNO3/c1-6-21-15(20)12(16(3,4)5)14(19)18-13-10(2)8-7-9-11(13)17/h7-9,12H,6H2,1-5H3,(H,18,19). The molecule has 0 aliphatic carbocycles. The number of rotatable bonds is 4. The van der Waals surface area contributed by atoms with Crippen molar-refractivity contribution in [1.82, 2.24) is 0 Å². The normalized spacial score (nSPS) is 12.7. The van der Waals surface area contributed by atoms with Gasteiger partial charge in [-0.15, -0.1) is 0 Å². The number of para-hydroxylation sites is 1. The van der Waals surface area contributed by atoms with Crippen LogP contribution < -0.4 is 5.32 Å². The van der Waals surface area contributed by atoms with Gasteiger partial charge >= 0.3 is 5.97 Å². The Bertz CT molecular complexity index is 515. The average molecular weight is 295 g/mol. The summed E-state index contributed by atoms with van der Waals surface area (Å²) in [6.45, 7) is 8.86. The van der Waals surface area contributed by atoms with Crippen molar-refractivity contribution in [2.75, 3.05) is 11.9 Å². The van der Waals surface area contributed by atoms with Crippen LogP contribution in [-0.4, -0.2) is 18.5 Å². The third-order valence-electron chi connectivity index (χ3n) is 3.12. The van der Waals surface area contributed by atoms with E-state index in [-0.39, 0.29) is 12.3 Å². The highest BCUT2D eigenvalue weighted by Gasteiger charge is 2.39. The zero-order valence-corrected chi connectivity index (χ0v) is 13.1. The van der Waals surface area contributed by atoms with Crippen LogP contribution in [0.5, 0.6) is 0 Å². The van der Waals surface area contributed by atoms with E-state index in [0.717, 1.165) is 0 Å². The highest BCUT2D eigenvalue weighted by Crippen LogP contribution is 2.29. The lowest BCUT2D eigenvalue weighted by Crippen LogP contribution is -2.40. The molecule has 5 heteroatoms. The van der Waals surface area contributed by atoms with E-state index in [4.69, 9.17) is 4.74 Å². The first-order valence-corrected chi connectivity index (χ1v) is 6.91. The Morgan fingerprint density at radius 2 is 1.95 bits per heavy atom. The van der Waals surface area contributed by atoms with E-state index in [0.29, 0.717) is 5.56 Å². The average Bonchev–Trinajstić information content (AvgIpc) is 2.32. The van der Waals surface area contributed by atoms with Crippen LogP contribution in [0.25, 0.3) is 0 Å². The van der Waals surface area contributed by atoms with Gasteiger partial charge in [-0.25, -0.2) is 4.39 Å². The van der Waals surface area contributed by atoms with Crippen LogP contribution in [0.1, 0.15) is 33.3 Å². The summed E-state index contributed by atoms with van der Waals surface area (Å²) < 4.78 is 18.7. The zero-order chi connectivity index (χ0) is 16.2. The molecular formula is C16H22FNO3. The topological polar surface area (TPSA) is 55.4 Å². The molecule has 1 N–H and O–H groups in total. The molecule has 1 rings (SSSR count). The lowest BCUT2D eigenvalue weighted by atomic mass is 9.80. The summed E-state index contributed by atoms with van der Waals surface area (Å²) in [6, 6.07) is 4.52. The fraction of sp³-hybridized carbons (Fsp3) is 0.500. The fourth-order valence-corrected chi connectivity index (χ4v) is 2.07. The van der Waals surface area contributed by atoms with E-state index < -0.39 is 29.0 Å². The van der Waals surface area contributed by atoms with Gasteiger partial charge in [0.2, 0.25) is 5.91 Å². The summed E-state index contributed by atoms with van der Waals surface area (Å²) in [5, 5.41) is 2.51. The molecule has 0 aliphatic rings. The number of hydrogen-bond acceptors (Lipinski definition) is 3. The second kappa shape index (κ2) is 6.70. The summed E-state index contributed by atoms with van der Waals surface area (Å²) in [5.74, 6) is -2.69. The molecule has 1 aromatic carbocycles. The van der Waals surface area contributed by atoms with Crippen molar-refractivity contribution < 1.29 is 18.7 Å². The molecule has 0 aromatic heterocycles. The van der Waals surface area contributed by atoms with Crippen LogP contribution in [0.15, 0.2) is 18.2 Å². The van der Waals surface area contributed by atoms with Crippen molar-refractivity contribution in [1.29, 1.82) is 0 Å². The number of hydrogen-bond donors (Lipinski definition) is 1. The van der Waals surface area contributed by atoms with E-state index in [1.54, 1.807) is 46.8 Å². The number of halogens is 1. The van der Waals surface area contributed by atoms with Gasteiger partial charge in [-0.3, -0.25) is 9.59 Å². The Morgan fingerprint density at radius 3 is 2.43 bits per heavy atom. The molecule has 0 aliphatic heterocycles. The van der Waals surface area contributed by atoms with Crippen molar-refractivity contribution in [3.63, 3.8) is 0 Å². The SMILES string of the molecule is CCOC(=O)C(C(=O)Nc1c(C)cccc1F)C(C)(C)C. The molecule has 0 heterocycles. The summed E-state index contributed by atoms with van der Waals surface area (Å²) in [6.07, 6.45) is 0. The highest BCUT2D eigenvalue weighted by atomic mass is 19.1. The van der Waals surface area contributed by atoms with Gasteiger partial charge in [0.05, 0.1) is 12.3 Å². The molecule has 0 saturated heterocycles. The lowest BCUT2D eigenvalue weighted by molar-refractivity contribution is -0.155. The Labute approximate surface area is 124 Å². The van der Waals surface area contributed by atoms with Crippen LogP contribution in [0.2, 0.25) is 0 Å². The minimum atomic E-state index is -1.00. The minimum Gasteiger partial charge on any atom is -0.465 e. The zero-order valence-electron chi connectivity index (χ0n) is 13.1. The molecule has 1 aromatic rings. The van der Waals surface area contributed by atoms with Crippen LogP contribution in [-0.2, 0) is 14.3 Å². The quantitative estimate of drug-likeness (QED) is 0.685. The number of benzene rings is 1. The molecule has 0 fully saturated rings. The fourth-order valence-electron chi connectivity index (χ4n) is 2.07. The van der Waals surface area contributed by atoms with Crippen LogP contribution >= 0.6 is 0 Å². The molecule has 1 unspecified atom stereocenters. The summed E-state index contributed by atoms with van der Waals surface area (Å²) in [7, 11) is 0. The van der Waals surface area contributed by atoms with E-state index in [1.165, 1.54) is 6.07 Å². The molecule has 4 nitrogen and oxygen atoms in total. The van der Waals surface area contributed by atoms with E-state index in [2.05, 4.69) is 5.32 Å². The molecule has 0 bridgehead atoms. The second-order valence-electron chi connectivity index (χ2n) is 5.97. The van der Waals surface area contributed by atoms with Gasteiger partial charge < -0.3 is 10.1 Å². The molecule has 0 saturated carbocycles. The largest absolute Gasteiger partial charge is 0.465 e. The molecule has 1 atom stereocenters. The Balaban J connectivity index is 3.05. The van der Waals surface area contributed by atoms with Crippen molar-refractivity contribution in [3.05, 3.63) is 29.6 Å². The summed E-state index contributed by atoms with van der Waals surface area (Å²) >= 11 is 0. The number of nitrogens with one attached hydrogen (secondary N) is 1. The third kappa shape index (κ3) is 4.28. The highest BCUT2D eigenvalue weighted by molar-refractivity contribution is 6.05. The van der Waals surface area contributed by atoms with Crippen LogP contribution in [0, 0.1) is 24.1 Å². The van der Waals surface area contributed by atoms with E-state index in [1.807, 2.05) is 0 Å². The summed E-state index contributed by atoms with van der Waals surface area (Å²) in [5.41, 5.74) is 0.0658. The van der Waals surface area contributed by atoms with Crippen molar-refractivity contribution in [2.24, 2.45) is 11.3 Å². The number of esters is 1. The monoisotopic (exact) mass is 295 g/mol. The number of carbonyl (C=O) groups is 2. The molecule has 0 spiro atoms.